The van der Waals surface area contributed by atoms with E-state index in [0.717, 1.165) is 60.3 Å². The van der Waals surface area contributed by atoms with Crippen LogP contribution in [0.25, 0.3) is 5.65 Å². The summed E-state index contributed by atoms with van der Waals surface area (Å²) >= 11 is 2.84. The van der Waals surface area contributed by atoms with Gasteiger partial charge in [0, 0.05) is 18.9 Å². The number of fused-ring (bicyclic) bond motifs is 1. The first-order valence-electron chi connectivity index (χ1n) is 10.5. The zero-order chi connectivity index (χ0) is 21.5. The summed E-state index contributed by atoms with van der Waals surface area (Å²) in [5.74, 6) is 0.800. The maximum Gasteiger partial charge on any atom is 0.293 e. The van der Waals surface area contributed by atoms with Crippen LogP contribution in [-0.4, -0.2) is 37.7 Å². The second-order valence-electron chi connectivity index (χ2n) is 7.35. The Labute approximate surface area is 203 Å². The van der Waals surface area contributed by atoms with Crippen molar-refractivity contribution >= 4 is 52.7 Å². The van der Waals surface area contributed by atoms with Crippen molar-refractivity contribution in [1.29, 1.82) is 0 Å². The van der Waals surface area contributed by atoms with E-state index in [2.05, 4.69) is 27.6 Å². The Morgan fingerprint density at radius 1 is 1.00 bits per heavy atom. The van der Waals surface area contributed by atoms with Crippen molar-refractivity contribution in [3.63, 3.8) is 0 Å². The average molecular weight is 488 g/mol. The van der Waals surface area contributed by atoms with Crippen LogP contribution in [-0.2, 0) is 11.2 Å². The van der Waals surface area contributed by atoms with Crippen molar-refractivity contribution in [2.45, 2.75) is 37.1 Å². The van der Waals surface area contributed by atoms with Gasteiger partial charge in [-0.15, -0.1) is 24.2 Å². The Kier molecular flexibility index (Phi) is 9.26. The third kappa shape index (κ3) is 6.18. The molecule has 0 atom stereocenters. The van der Waals surface area contributed by atoms with Crippen molar-refractivity contribution in [3.8, 4) is 0 Å². The van der Waals surface area contributed by atoms with Crippen molar-refractivity contribution in [3.05, 3.63) is 77.5 Å². The zero-order valence-corrected chi connectivity index (χ0v) is 20.1. The van der Waals surface area contributed by atoms with E-state index in [1.165, 1.54) is 10.5 Å². The predicted molar refractivity (Wildman–Crippen MR) is 135 cm³/mol. The smallest absolute Gasteiger partial charge is 0.293 e. The van der Waals surface area contributed by atoms with Crippen LogP contribution < -0.4 is 0 Å². The first kappa shape index (κ1) is 24.4. The van der Waals surface area contributed by atoms with Crippen LogP contribution >= 0.6 is 35.9 Å². The van der Waals surface area contributed by atoms with E-state index >= 15 is 0 Å². The van der Waals surface area contributed by atoms with E-state index < -0.39 is 0 Å². The van der Waals surface area contributed by atoms with Gasteiger partial charge in [-0.05, 0) is 67.3 Å². The molecule has 0 radical (unpaired) electrons. The van der Waals surface area contributed by atoms with Gasteiger partial charge >= 0.3 is 0 Å². The van der Waals surface area contributed by atoms with Crippen LogP contribution in [0.4, 0.5) is 4.79 Å². The highest BCUT2D eigenvalue weighted by Gasteiger charge is 2.34. The number of rotatable bonds is 10. The molecule has 1 aliphatic rings. The van der Waals surface area contributed by atoms with Crippen molar-refractivity contribution < 1.29 is 9.59 Å². The number of imidazole rings is 1. The molecule has 2 amide bonds. The number of imide groups is 1. The van der Waals surface area contributed by atoms with Crippen LogP contribution in [0.5, 0.6) is 0 Å². The highest BCUT2D eigenvalue weighted by molar-refractivity contribution is 8.18. The molecule has 0 saturated carbocycles. The lowest BCUT2D eigenvalue weighted by Gasteiger charge is -2.12. The number of hydrogen-bond donors (Lipinski definition) is 0. The van der Waals surface area contributed by atoms with Gasteiger partial charge in [-0.3, -0.25) is 18.9 Å². The van der Waals surface area contributed by atoms with Crippen LogP contribution in [0.1, 0.15) is 31.2 Å². The number of hydrogen-bond acceptors (Lipinski definition) is 5. The molecule has 8 heteroatoms. The van der Waals surface area contributed by atoms with Gasteiger partial charge in [0.15, 0.2) is 0 Å². The van der Waals surface area contributed by atoms with Gasteiger partial charge in [0.05, 0.1) is 9.93 Å². The van der Waals surface area contributed by atoms with Gasteiger partial charge in [0.25, 0.3) is 11.1 Å². The fourth-order valence-corrected chi connectivity index (χ4v) is 5.40. The number of unbranched alkanes of at least 4 members (excludes halogenated alkanes) is 2. The molecule has 1 fully saturated rings. The molecular formula is C24H26ClN3O2S2. The lowest BCUT2D eigenvalue weighted by molar-refractivity contribution is -0.122. The molecule has 1 aromatic carbocycles. The highest BCUT2D eigenvalue weighted by Crippen LogP contribution is 2.31. The van der Waals surface area contributed by atoms with E-state index in [1.54, 1.807) is 18.0 Å². The van der Waals surface area contributed by atoms with Crippen molar-refractivity contribution in [2.75, 3.05) is 12.3 Å². The normalized spacial score (nSPS) is 15.0. The topological polar surface area (TPSA) is 54.7 Å². The second-order valence-corrected chi connectivity index (χ2v) is 9.45. The summed E-state index contributed by atoms with van der Waals surface area (Å²) in [5, 5.41) is 1.01. The molecule has 0 spiro atoms. The third-order valence-corrected chi connectivity index (χ3v) is 7.21. The quantitative estimate of drug-likeness (QED) is 0.193. The lowest BCUT2D eigenvalue weighted by atomic mass is 10.1. The molecule has 32 heavy (non-hydrogen) atoms. The summed E-state index contributed by atoms with van der Waals surface area (Å²) < 4.78 is 2.07. The SMILES string of the molecule is Cl.O=C1SC(=CCCCc2ccccc2)C(=O)N1CCCCSc1cccc2nccn12. The number of pyridine rings is 1. The summed E-state index contributed by atoms with van der Waals surface area (Å²) in [5.41, 5.74) is 2.24. The van der Waals surface area contributed by atoms with Crippen LogP contribution in [0.3, 0.4) is 0 Å². The number of nitrogens with zero attached hydrogens (tertiary/aromatic N) is 3. The molecule has 0 aliphatic carbocycles. The van der Waals surface area contributed by atoms with Crippen molar-refractivity contribution in [1.82, 2.24) is 14.3 Å². The molecule has 3 aromatic rings. The predicted octanol–water partition coefficient (Wildman–Crippen LogP) is 6.23. The van der Waals surface area contributed by atoms with Crippen LogP contribution in [0, 0.1) is 0 Å². The Bertz CT molecular complexity index is 1090. The third-order valence-electron chi connectivity index (χ3n) is 5.13. The van der Waals surface area contributed by atoms with Gasteiger partial charge in [0.2, 0.25) is 0 Å². The van der Waals surface area contributed by atoms with Gasteiger partial charge in [-0.1, -0.05) is 42.5 Å². The second kappa shape index (κ2) is 12.1. The fraction of sp³-hybridized carbons (Fsp3) is 0.292. The largest absolute Gasteiger partial charge is 0.294 e. The number of carbonyl (C=O) groups excluding carboxylic acids is 2. The van der Waals surface area contributed by atoms with Gasteiger partial charge in [0.1, 0.15) is 5.65 Å². The van der Waals surface area contributed by atoms with Crippen LogP contribution in [0.2, 0.25) is 0 Å². The molecule has 1 saturated heterocycles. The number of allylic oxidation sites excluding steroid dienone is 1. The van der Waals surface area contributed by atoms with Gasteiger partial charge in [-0.2, -0.15) is 0 Å². The van der Waals surface area contributed by atoms with E-state index in [4.69, 9.17) is 0 Å². The molecule has 5 nitrogen and oxygen atoms in total. The number of carbonyl (C=O) groups is 2. The summed E-state index contributed by atoms with van der Waals surface area (Å²) in [6, 6.07) is 16.4. The number of aryl methyl sites for hydroxylation is 1. The fourth-order valence-electron chi connectivity index (χ4n) is 3.50. The van der Waals surface area contributed by atoms with E-state index in [9.17, 15) is 9.59 Å². The number of thioether (sulfide) groups is 2. The molecule has 2 aromatic heterocycles. The molecule has 0 unspecified atom stereocenters. The first-order chi connectivity index (χ1) is 15.2. The van der Waals surface area contributed by atoms with Crippen molar-refractivity contribution in [2.24, 2.45) is 0 Å². The molecule has 3 heterocycles. The zero-order valence-electron chi connectivity index (χ0n) is 17.7. The minimum atomic E-state index is -0.143. The first-order valence-corrected chi connectivity index (χ1v) is 12.4. The summed E-state index contributed by atoms with van der Waals surface area (Å²) in [4.78, 5) is 31.1. The van der Waals surface area contributed by atoms with E-state index in [1.807, 2.05) is 42.6 Å². The summed E-state index contributed by atoms with van der Waals surface area (Å²) in [6.45, 7) is 0.488. The standard InChI is InChI=1S/C24H25N3O2S2.ClH/c28-23-20(12-5-4-11-19-9-2-1-3-10-19)31-24(29)27(23)16-6-7-18-30-22-14-8-13-21-25-15-17-26(21)22;/h1-3,8-10,12-15,17H,4-7,11,16,18H2;1H. The minimum Gasteiger partial charge on any atom is -0.294 e. The Morgan fingerprint density at radius 3 is 2.69 bits per heavy atom. The number of aromatic nitrogens is 2. The maximum atomic E-state index is 12.6. The monoisotopic (exact) mass is 487 g/mol. The average Bonchev–Trinajstić information content (AvgIpc) is 3.37. The van der Waals surface area contributed by atoms with E-state index in [0.29, 0.717) is 11.4 Å². The molecule has 168 valence electrons. The van der Waals surface area contributed by atoms with Crippen LogP contribution in [0.15, 0.2) is 76.9 Å². The summed E-state index contributed by atoms with van der Waals surface area (Å²) in [6.07, 6.45) is 10.2. The maximum absolute atomic E-state index is 12.6. The lowest BCUT2D eigenvalue weighted by Crippen LogP contribution is -2.29. The number of benzene rings is 1. The number of halogens is 1. The Balaban J connectivity index is 0.00000289. The molecular weight excluding hydrogens is 462 g/mol. The molecule has 4 rings (SSSR count). The molecule has 1 aliphatic heterocycles. The Morgan fingerprint density at radius 2 is 1.84 bits per heavy atom. The highest BCUT2D eigenvalue weighted by atomic mass is 35.5. The van der Waals surface area contributed by atoms with Gasteiger partial charge in [-0.25, -0.2) is 4.98 Å². The Hall–Kier alpha value is -2.22. The molecule has 0 N–H and O–H groups in total. The van der Waals surface area contributed by atoms with E-state index in [-0.39, 0.29) is 23.6 Å². The number of amides is 2. The summed E-state index contributed by atoms with van der Waals surface area (Å²) in [7, 11) is 0. The molecule has 0 bridgehead atoms. The minimum absolute atomic E-state index is 0. The van der Waals surface area contributed by atoms with Gasteiger partial charge < -0.3 is 0 Å².